The van der Waals surface area contributed by atoms with Crippen molar-refractivity contribution in [1.82, 2.24) is 24.7 Å². The monoisotopic (exact) mass is 508 g/mol. The molecular formula is C22H18F6N8. The van der Waals surface area contributed by atoms with Crippen LogP contribution in [0.3, 0.4) is 0 Å². The van der Waals surface area contributed by atoms with Crippen molar-refractivity contribution in [3.05, 3.63) is 65.5 Å². The molecule has 0 spiro atoms. The third kappa shape index (κ3) is 4.33. The number of nitrogens with one attached hydrogen (secondary N) is 1. The minimum absolute atomic E-state index is 0.000560. The third-order valence-corrected chi connectivity index (χ3v) is 5.87. The minimum atomic E-state index is -4.75. The lowest BCUT2D eigenvalue weighted by Crippen LogP contribution is -2.36. The van der Waals surface area contributed by atoms with Crippen LogP contribution in [0.4, 0.5) is 43.7 Å². The number of nitrogen functional groups attached to an aromatic ring is 1. The Morgan fingerprint density at radius 2 is 1.72 bits per heavy atom. The number of fused-ring (bicyclic) bond motifs is 2. The van der Waals surface area contributed by atoms with Crippen molar-refractivity contribution in [3.63, 3.8) is 0 Å². The molecule has 1 aliphatic heterocycles. The van der Waals surface area contributed by atoms with Crippen LogP contribution in [0.1, 0.15) is 22.9 Å². The molecule has 4 aromatic rings. The molecule has 0 aliphatic carbocycles. The van der Waals surface area contributed by atoms with E-state index in [4.69, 9.17) is 5.73 Å². The summed E-state index contributed by atoms with van der Waals surface area (Å²) in [6, 6.07) is 9.62. The van der Waals surface area contributed by atoms with E-state index in [1.807, 2.05) is 0 Å². The van der Waals surface area contributed by atoms with Crippen molar-refractivity contribution in [2.45, 2.75) is 32.0 Å². The summed E-state index contributed by atoms with van der Waals surface area (Å²) < 4.78 is 81.9. The van der Waals surface area contributed by atoms with Gasteiger partial charge in [0.1, 0.15) is 11.6 Å². The largest absolute Gasteiger partial charge is 0.451 e. The van der Waals surface area contributed by atoms with Crippen LogP contribution in [-0.2, 0) is 32.0 Å². The second-order valence-electron chi connectivity index (χ2n) is 8.14. The lowest BCUT2D eigenvalue weighted by atomic mass is 10.1. The van der Waals surface area contributed by atoms with Crippen LogP contribution in [0.5, 0.6) is 0 Å². The fourth-order valence-corrected chi connectivity index (χ4v) is 4.18. The highest BCUT2D eigenvalue weighted by molar-refractivity contribution is 5.99. The summed E-state index contributed by atoms with van der Waals surface area (Å²) in [6.45, 7) is -0.451. The summed E-state index contributed by atoms with van der Waals surface area (Å²) in [5, 5.41) is 11.1. The maximum absolute atomic E-state index is 13.9. The van der Waals surface area contributed by atoms with Crippen LogP contribution in [0, 0.1) is 0 Å². The van der Waals surface area contributed by atoms with Crippen molar-refractivity contribution in [3.8, 4) is 0 Å². The lowest BCUT2D eigenvalue weighted by Gasteiger charge is -2.29. The van der Waals surface area contributed by atoms with Gasteiger partial charge < -0.3 is 20.5 Å². The first-order valence-corrected chi connectivity index (χ1v) is 10.7. The number of rotatable bonds is 4. The molecule has 3 N–H and O–H groups in total. The Labute approximate surface area is 199 Å². The molecule has 188 valence electrons. The van der Waals surface area contributed by atoms with E-state index in [0.29, 0.717) is 22.3 Å². The number of pyridine rings is 2. The molecule has 1 aliphatic rings. The smallest absolute Gasteiger partial charge is 0.383 e. The molecule has 0 unspecified atom stereocenters. The molecule has 0 atom stereocenters. The van der Waals surface area contributed by atoms with E-state index < -0.39 is 23.9 Å². The summed E-state index contributed by atoms with van der Waals surface area (Å²) >= 11 is 0. The zero-order chi connectivity index (χ0) is 25.7. The summed E-state index contributed by atoms with van der Waals surface area (Å²) in [4.78, 5) is 9.29. The van der Waals surface area contributed by atoms with Crippen LogP contribution >= 0.6 is 0 Å². The van der Waals surface area contributed by atoms with Gasteiger partial charge >= 0.3 is 12.4 Å². The molecule has 8 nitrogen and oxygen atoms in total. The molecule has 0 saturated heterocycles. The van der Waals surface area contributed by atoms with Crippen LogP contribution < -0.4 is 16.0 Å². The van der Waals surface area contributed by atoms with Gasteiger partial charge in [0.2, 0.25) is 5.82 Å². The number of nitrogens with two attached hydrogens (primary N) is 1. The highest BCUT2D eigenvalue weighted by Crippen LogP contribution is 2.35. The van der Waals surface area contributed by atoms with E-state index in [0.717, 1.165) is 4.57 Å². The summed E-state index contributed by atoms with van der Waals surface area (Å²) in [5.41, 5.74) is 5.29. The lowest BCUT2D eigenvalue weighted by molar-refractivity contribution is -0.147. The number of anilines is 3. The van der Waals surface area contributed by atoms with Gasteiger partial charge in [-0.1, -0.05) is 18.2 Å². The molecule has 1 aromatic carbocycles. The Morgan fingerprint density at radius 1 is 0.917 bits per heavy atom. The second kappa shape index (κ2) is 8.53. The molecule has 5 rings (SSSR count). The summed E-state index contributed by atoms with van der Waals surface area (Å²) in [5.74, 6) is -0.844. The van der Waals surface area contributed by atoms with Crippen molar-refractivity contribution in [1.29, 1.82) is 0 Å². The van der Waals surface area contributed by atoms with E-state index in [-0.39, 0.29) is 43.4 Å². The standard InChI is InChI=1S/C22H18F6N8/c23-21(24,25)18-12(10-31-15-3-1-2-14-13(15)6-7-30-19(14)29)4-5-16(32-18)35-8-9-36-17(11-35)33-34-20(36)22(26,27)28/h1-7,31H,8-11H2,(H2,29,30). The van der Waals surface area contributed by atoms with Crippen molar-refractivity contribution < 1.29 is 26.3 Å². The highest BCUT2D eigenvalue weighted by atomic mass is 19.4. The Morgan fingerprint density at radius 3 is 2.47 bits per heavy atom. The highest BCUT2D eigenvalue weighted by Gasteiger charge is 2.40. The quantitative estimate of drug-likeness (QED) is 0.393. The van der Waals surface area contributed by atoms with E-state index >= 15 is 0 Å². The Kier molecular flexibility index (Phi) is 5.60. The number of alkyl halides is 6. The minimum Gasteiger partial charge on any atom is -0.383 e. The fraction of sp³-hybridized carbons (Fsp3) is 0.273. The van der Waals surface area contributed by atoms with E-state index in [2.05, 4.69) is 25.5 Å². The van der Waals surface area contributed by atoms with Crippen LogP contribution in [-0.4, -0.2) is 31.3 Å². The van der Waals surface area contributed by atoms with E-state index in [1.54, 1.807) is 24.3 Å². The zero-order valence-electron chi connectivity index (χ0n) is 18.4. The number of hydrogen-bond donors (Lipinski definition) is 2. The van der Waals surface area contributed by atoms with Gasteiger partial charge in [0.15, 0.2) is 11.5 Å². The molecule has 36 heavy (non-hydrogen) atoms. The SMILES string of the molecule is Nc1nccc2c(NCc3ccc(N4CCn5c(nnc5C(F)(F)F)C4)nc3C(F)(F)F)cccc12. The molecule has 0 amide bonds. The van der Waals surface area contributed by atoms with Crippen LogP contribution in [0.2, 0.25) is 0 Å². The van der Waals surface area contributed by atoms with Gasteiger partial charge in [-0.25, -0.2) is 9.97 Å². The molecule has 0 saturated carbocycles. The van der Waals surface area contributed by atoms with Gasteiger partial charge in [-0.2, -0.15) is 26.3 Å². The average Bonchev–Trinajstić information content (AvgIpc) is 3.26. The van der Waals surface area contributed by atoms with Crippen molar-refractivity contribution in [2.24, 2.45) is 0 Å². The first kappa shape index (κ1) is 23.6. The van der Waals surface area contributed by atoms with Crippen LogP contribution in [0.15, 0.2) is 42.6 Å². The summed E-state index contributed by atoms with van der Waals surface area (Å²) in [6.07, 6.45) is -7.91. The van der Waals surface area contributed by atoms with Gasteiger partial charge in [0, 0.05) is 47.9 Å². The average molecular weight is 508 g/mol. The Balaban J connectivity index is 1.41. The van der Waals surface area contributed by atoms with Gasteiger partial charge in [-0.3, -0.25) is 0 Å². The Hall–Kier alpha value is -4.10. The van der Waals surface area contributed by atoms with Gasteiger partial charge in [-0.05, 0) is 18.2 Å². The first-order chi connectivity index (χ1) is 17.0. The molecule has 4 heterocycles. The molecule has 0 bridgehead atoms. The summed E-state index contributed by atoms with van der Waals surface area (Å²) in [7, 11) is 0. The zero-order valence-corrected chi connectivity index (χ0v) is 18.4. The first-order valence-electron chi connectivity index (χ1n) is 10.7. The van der Waals surface area contributed by atoms with Gasteiger partial charge in [-0.15, -0.1) is 10.2 Å². The maximum atomic E-state index is 13.9. The number of halogens is 6. The molecule has 0 radical (unpaired) electrons. The van der Waals surface area contributed by atoms with Gasteiger partial charge in [0.05, 0.1) is 6.54 Å². The fourth-order valence-electron chi connectivity index (χ4n) is 4.18. The normalized spacial score (nSPS) is 14.2. The molecule has 0 fully saturated rings. The number of aromatic nitrogens is 5. The number of hydrogen-bond acceptors (Lipinski definition) is 7. The van der Waals surface area contributed by atoms with E-state index in [1.165, 1.54) is 23.2 Å². The predicted octanol–water partition coefficient (Wildman–Crippen LogP) is 4.47. The second-order valence-corrected chi connectivity index (χ2v) is 8.14. The predicted molar refractivity (Wildman–Crippen MR) is 119 cm³/mol. The number of benzene rings is 1. The van der Waals surface area contributed by atoms with Gasteiger partial charge in [0.25, 0.3) is 0 Å². The topological polar surface area (TPSA) is 97.8 Å². The van der Waals surface area contributed by atoms with Crippen molar-refractivity contribution in [2.75, 3.05) is 22.5 Å². The molecule has 3 aromatic heterocycles. The van der Waals surface area contributed by atoms with E-state index in [9.17, 15) is 26.3 Å². The van der Waals surface area contributed by atoms with Crippen molar-refractivity contribution >= 4 is 28.1 Å². The Bertz CT molecular complexity index is 1430. The van der Waals surface area contributed by atoms with Crippen LogP contribution in [0.25, 0.3) is 10.8 Å². The maximum Gasteiger partial charge on any atom is 0.451 e. The molecular weight excluding hydrogens is 490 g/mol. The third-order valence-electron chi connectivity index (χ3n) is 5.87. The molecule has 14 heteroatoms. The number of nitrogens with zero attached hydrogens (tertiary/aromatic N) is 6.